The second-order valence-corrected chi connectivity index (χ2v) is 7.87. The molecule has 0 fully saturated rings. The van der Waals surface area contributed by atoms with Crippen LogP contribution in [0.25, 0.3) is 11.3 Å². The lowest BCUT2D eigenvalue weighted by Gasteiger charge is -2.17. The highest BCUT2D eigenvalue weighted by molar-refractivity contribution is 5.70. The summed E-state index contributed by atoms with van der Waals surface area (Å²) in [5.74, 6) is -0.666. The number of aromatic nitrogens is 1. The van der Waals surface area contributed by atoms with Crippen LogP contribution in [-0.2, 0) is 25.4 Å². The first-order valence-electron chi connectivity index (χ1n) is 11.1. The summed E-state index contributed by atoms with van der Waals surface area (Å²) in [7, 11) is 1.47. The molecule has 0 radical (unpaired) electrons. The first kappa shape index (κ1) is 24.5. The molecule has 1 aromatic heterocycles. The molecule has 0 amide bonds. The molecule has 7 heteroatoms. The van der Waals surface area contributed by atoms with Crippen molar-refractivity contribution in [2.45, 2.75) is 51.4 Å². The lowest BCUT2D eigenvalue weighted by atomic mass is 10.0. The highest BCUT2D eigenvalue weighted by Gasteiger charge is 2.13. The van der Waals surface area contributed by atoms with Gasteiger partial charge >= 0.3 is 5.97 Å². The van der Waals surface area contributed by atoms with Crippen LogP contribution in [0.2, 0.25) is 0 Å². The van der Waals surface area contributed by atoms with Crippen LogP contribution in [0.1, 0.15) is 38.2 Å². The van der Waals surface area contributed by atoms with Gasteiger partial charge in [-0.3, -0.25) is 4.98 Å². The molecule has 1 aromatic carbocycles. The van der Waals surface area contributed by atoms with E-state index in [0.717, 1.165) is 37.7 Å². The lowest BCUT2D eigenvalue weighted by molar-refractivity contribution is -0.152. The molecule has 0 saturated heterocycles. The van der Waals surface area contributed by atoms with Crippen molar-refractivity contribution in [3.05, 3.63) is 72.4 Å². The van der Waals surface area contributed by atoms with Crippen LogP contribution < -0.4 is 4.74 Å². The fourth-order valence-electron chi connectivity index (χ4n) is 3.43. The molecule has 3 rings (SSSR count). The van der Waals surface area contributed by atoms with E-state index in [9.17, 15) is 9.18 Å². The second kappa shape index (κ2) is 12.7. The average molecular weight is 456 g/mol. The summed E-state index contributed by atoms with van der Waals surface area (Å²) in [4.78, 5) is 15.9. The minimum Gasteiger partial charge on any atom is -0.461 e. The predicted octanol–water partition coefficient (Wildman–Crippen LogP) is 5.37. The largest absolute Gasteiger partial charge is 0.461 e. The number of ether oxygens (including phenoxy) is 4. The Hall–Kier alpha value is -3.19. The van der Waals surface area contributed by atoms with Crippen LogP contribution in [0.5, 0.6) is 5.75 Å². The quantitative estimate of drug-likeness (QED) is 0.316. The topological polar surface area (TPSA) is 66.9 Å². The Kier molecular flexibility index (Phi) is 9.44. The molecular formula is C26H30FNO5. The Morgan fingerprint density at radius 2 is 2.06 bits per heavy atom. The zero-order valence-corrected chi connectivity index (χ0v) is 19.0. The van der Waals surface area contributed by atoms with Crippen LogP contribution in [0.3, 0.4) is 0 Å². The van der Waals surface area contributed by atoms with Gasteiger partial charge in [0.1, 0.15) is 6.61 Å². The number of allylic oxidation sites excluding steroid dienone is 2. The van der Waals surface area contributed by atoms with Gasteiger partial charge in [-0.15, -0.1) is 0 Å². The van der Waals surface area contributed by atoms with Gasteiger partial charge in [-0.05, 0) is 74.6 Å². The Balaban J connectivity index is 1.42. The third-order valence-electron chi connectivity index (χ3n) is 5.14. The first-order chi connectivity index (χ1) is 16.0. The number of rotatable bonds is 12. The number of hydrogen-bond donors (Lipinski definition) is 0. The monoisotopic (exact) mass is 455 g/mol. The van der Waals surface area contributed by atoms with Gasteiger partial charge in [-0.25, -0.2) is 9.18 Å². The van der Waals surface area contributed by atoms with Crippen LogP contribution >= 0.6 is 0 Å². The van der Waals surface area contributed by atoms with Gasteiger partial charge in [0.2, 0.25) is 0 Å². The molecule has 0 saturated carbocycles. The summed E-state index contributed by atoms with van der Waals surface area (Å²) in [5.41, 5.74) is 2.52. The van der Waals surface area contributed by atoms with E-state index in [1.165, 1.54) is 19.4 Å². The number of pyridine rings is 1. The molecule has 0 N–H and O–H groups in total. The lowest BCUT2D eigenvalue weighted by Crippen LogP contribution is -2.18. The highest BCUT2D eigenvalue weighted by atomic mass is 19.1. The molecule has 1 aliphatic heterocycles. The number of aryl methyl sites for hydroxylation is 1. The van der Waals surface area contributed by atoms with Crippen LogP contribution in [0, 0.1) is 5.82 Å². The molecule has 2 heterocycles. The summed E-state index contributed by atoms with van der Waals surface area (Å²) < 4.78 is 35.3. The Morgan fingerprint density at radius 1 is 1.18 bits per heavy atom. The highest BCUT2D eigenvalue weighted by Crippen LogP contribution is 2.26. The van der Waals surface area contributed by atoms with E-state index < -0.39 is 12.1 Å². The fourth-order valence-corrected chi connectivity index (χ4v) is 3.43. The van der Waals surface area contributed by atoms with Crippen molar-refractivity contribution in [2.75, 3.05) is 13.7 Å². The number of nitrogens with zero attached hydrogens (tertiary/aromatic N) is 1. The van der Waals surface area contributed by atoms with Crippen molar-refractivity contribution in [3.63, 3.8) is 0 Å². The van der Waals surface area contributed by atoms with E-state index in [1.54, 1.807) is 30.4 Å². The molecule has 176 valence electrons. The van der Waals surface area contributed by atoms with E-state index in [1.807, 2.05) is 25.3 Å². The van der Waals surface area contributed by atoms with Gasteiger partial charge in [0.15, 0.2) is 11.6 Å². The molecule has 2 aromatic rings. The Bertz CT molecular complexity index is 958. The Morgan fingerprint density at radius 3 is 2.76 bits per heavy atom. The third-order valence-corrected chi connectivity index (χ3v) is 5.14. The van der Waals surface area contributed by atoms with E-state index in [-0.39, 0.29) is 24.4 Å². The fraction of sp³-hybridized carbons (Fsp3) is 0.385. The average Bonchev–Trinajstić information content (AvgIpc) is 2.81. The number of methoxy groups -OCH3 is 1. The number of halogens is 1. The van der Waals surface area contributed by atoms with Gasteiger partial charge in [0.25, 0.3) is 6.29 Å². The second-order valence-electron chi connectivity index (χ2n) is 7.87. The maximum absolute atomic E-state index is 14.5. The van der Waals surface area contributed by atoms with Crippen LogP contribution in [0.15, 0.2) is 61.0 Å². The van der Waals surface area contributed by atoms with Gasteiger partial charge in [-0.1, -0.05) is 18.6 Å². The summed E-state index contributed by atoms with van der Waals surface area (Å²) >= 11 is 0. The summed E-state index contributed by atoms with van der Waals surface area (Å²) in [5, 5.41) is 0. The summed E-state index contributed by atoms with van der Waals surface area (Å²) in [6, 6.07) is 8.71. The van der Waals surface area contributed by atoms with Crippen molar-refractivity contribution in [1.29, 1.82) is 0 Å². The maximum Gasteiger partial charge on any atom is 0.332 e. The summed E-state index contributed by atoms with van der Waals surface area (Å²) in [6.45, 7) is 1.89. The van der Waals surface area contributed by atoms with E-state index in [0.29, 0.717) is 11.3 Å². The standard InChI is InChI=1S/C26H30FNO5/c1-19(32-25(29)18-30-2)8-4-3-5-9-20-11-13-23(28-17-20)21-12-14-24(22(27)16-21)33-26-10-6-7-15-31-26/h6-7,10-17,19,26H,3-5,8-9,18H2,1-2H3. The van der Waals surface area contributed by atoms with Gasteiger partial charge in [0, 0.05) is 18.9 Å². The summed E-state index contributed by atoms with van der Waals surface area (Å²) in [6.07, 6.45) is 12.6. The van der Waals surface area contributed by atoms with E-state index in [4.69, 9.17) is 18.9 Å². The molecule has 0 spiro atoms. The van der Waals surface area contributed by atoms with Crippen LogP contribution in [0.4, 0.5) is 4.39 Å². The normalized spacial score (nSPS) is 15.7. The maximum atomic E-state index is 14.5. The molecule has 2 unspecified atom stereocenters. The van der Waals surface area contributed by atoms with Crippen molar-refractivity contribution in [3.8, 4) is 17.0 Å². The zero-order valence-electron chi connectivity index (χ0n) is 19.0. The predicted molar refractivity (Wildman–Crippen MR) is 123 cm³/mol. The molecule has 1 aliphatic rings. The molecular weight excluding hydrogens is 425 g/mol. The molecule has 2 atom stereocenters. The number of carbonyl (C=O) groups is 1. The van der Waals surface area contributed by atoms with E-state index >= 15 is 0 Å². The number of esters is 1. The van der Waals surface area contributed by atoms with E-state index in [2.05, 4.69) is 4.98 Å². The number of benzene rings is 1. The van der Waals surface area contributed by atoms with Crippen molar-refractivity contribution >= 4 is 5.97 Å². The van der Waals surface area contributed by atoms with Gasteiger partial charge in [-0.2, -0.15) is 0 Å². The van der Waals surface area contributed by atoms with Gasteiger partial charge < -0.3 is 18.9 Å². The van der Waals surface area contributed by atoms with Crippen molar-refractivity contribution in [2.24, 2.45) is 0 Å². The smallest absolute Gasteiger partial charge is 0.332 e. The molecule has 0 aliphatic carbocycles. The first-order valence-corrected chi connectivity index (χ1v) is 11.1. The zero-order chi connectivity index (χ0) is 23.5. The molecule has 6 nitrogen and oxygen atoms in total. The number of carbonyl (C=O) groups excluding carboxylic acids is 1. The SMILES string of the molecule is COCC(=O)OC(C)CCCCCc1ccc(-c2ccc(OC3C=CC=CO3)c(F)c2)nc1. The molecule has 33 heavy (non-hydrogen) atoms. The third kappa shape index (κ3) is 8.02. The van der Waals surface area contributed by atoms with Gasteiger partial charge in [0.05, 0.1) is 18.1 Å². The van der Waals surface area contributed by atoms with Crippen molar-refractivity contribution in [1.82, 2.24) is 4.98 Å². The minimum atomic E-state index is -0.637. The van der Waals surface area contributed by atoms with Crippen molar-refractivity contribution < 1.29 is 28.1 Å². The number of hydrogen-bond acceptors (Lipinski definition) is 6. The van der Waals surface area contributed by atoms with Crippen LogP contribution in [-0.4, -0.2) is 37.1 Å². The Labute approximate surface area is 194 Å². The molecule has 0 bridgehead atoms. The number of unbranched alkanes of at least 4 members (excludes halogenated alkanes) is 2. The minimum absolute atomic E-state index is 0.0112.